The average molecular weight is 187 g/mol. The highest BCUT2D eigenvalue weighted by molar-refractivity contribution is 7.58. The molecule has 0 aliphatic heterocycles. The van der Waals surface area contributed by atoms with Crippen LogP contribution in [0.5, 0.6) is 0 Å². The summed E-state index contributed by atoms with van der Waals surface area (Å²) in [5.41, 5.74) is 0.937. The number of hydrogen-bond acceptors (Lipinski definition) is 3. The number of rotatable bonds is 3. The van der Waals surface area contributed by atoms with Gasteiger partial charge in [-0.15, -0.1) is 0 Å². The van der Waals surface area contributed by atoms with Crippen molar-refractivity contribution in [3.8, 4) is 0 Å². The molecule has 0 atom stereocenters. The molecule has 1 aromatic rings. The molecule has 0 bridgehead atoms. The van der Waals surface area contributed by atoms with Gasteiger partial charge in [0.25, 0.3) is 0 Å². The van der Waals surface area contributed by atoms with Crippen molar-refractivity contribution >= 4 is 7.94 Å². The molecule has 0 radical (unpaired) electrons. The van der Waals surface area contributed by atoms with Gasteiger partial charge in [0, 0.05) is 0 Å². The van der Waals surface area contributed by atoms with Crippen LogP contribution < -0.4 is 0 Å². The number of benzene rings is 1. The molecular weight excluding hydrogens is 175 g/mol. The first-order valence-electron chi connectivity index (χ1n) is 3.58. The molecule has 0 saturated carbocycles. The SMILES string of the molecule is C[P+](O)(O)OCc1ccccc1. The highest BCUT2D eigenvalue weighted by atomic mass is 31.2. The van der Waals surface area contributed by atoms with Gasteiger partial charge in [-0.3, -0.25) is 0 Å². The Morgan fingerprint density at radius 3 is 2.33 bits per heavy atom. The van der Waals surface area contributed by atoms with Crippen molar-refractivity contribution < 1.29 is 14.3 Å². The van der Waals surface area contributed by atoms with Crippen molar-refractivity contribution in [1.82, 2.24) is 0 Å². The van der Waals surface area contributed by atoms with E-state index in [2.05, 4.69) is 0 Å². The van der Waals surface area contributed by atoms with E-state index < -0.39 is 7.94 Å². The fraction of sp³-hybridized carbons (Fsp3) is 0.250. The smallest absolute Gasteiger partial charge is 0.193 e. The Bertz CT molecular complexity index is 230. The lowest BCUT2D eigenvalue weighted by molar-refractivity contribution is 0.226. The quantitative estimate of drug-likeness (QED) is 0.706. The Hall–Kier alpha value is -0.470. The fourth-order valence-electron chi connectivity index (χ4n) is 0.771. The van der Waals surface area contributed by atoms with Gasteiger partial charge in [0.2, 0.25) is 0 Å². The fourth-order valence-corrected chi connectivity index (χ4v) is 1.16. The van der Waals surface area contributed by atoms with Crippen molar-refractivity contribution in [2.75, 3.05) is 6.66 Å². The van der Waals surface area contributed by atoms with Crippen LogP contribution in [0.15, 0.2) is 30.3 Å². The zero-order chi connectivity index (χ0) is 9.03. The van der Waals surface area contributed by atoms with Crippen LogP contribution >= 0.6 is 7.94 Å². The zero-order valence-electron chi connectivity index (χ0n) is 6.84. The molecule has 0 aliphatic rings. The Kier molecular flexibility index (Phi) is 3.18. The standard InChI is InChI=1S/C8H12O3P/c1-12(9,10)11-7-8-5-3-2-4-6-8/h2-6,9-10H,7H2,1H3/q+1. The summed E-state index contributed by atoms with van der Waals surface area (Å²) in [6.07, 6.45) is 0. The van der Waals surface area contributed by atoms with Gasteiger partial charge in [0.15, 0.2) is 0 Å². The summed E-state index contributed by atoms with van der Waals surface area (Å²) >= 11 is 0. The minimum atomic E-state index is -3.08. The van der Waals surface area contributed by atoms with Crippen molar-refractivity contribution in [1.29, 1.82) is 0 Å². The Morgan fingerprint density at radius 2 is 1.83 bits per heavy atom. The molecule has 4 heteroatoms. The molecular formula is C8H12O3P+. The molecule has 0 spiro atoms. The lowest BCUT2D eigenvalue weighted by Gasteiger charge is -2.05. The van der Waals surface area contributed by atoms with E-state index in [4.69, 9.17) is 14.3 Å². The average Bonchev–Trinajstić information content (AvgIpc) is 2.02. The molecule has 0 aromatic heterocycles. The summed E-state index contributed by atoms with van der Waals surface area (Å²) in [6, 6.07) is 9.40. The van der Waals surface area contributed by atoms with Gasteiger partial charge in [-0.25, -0.2) is 0 Å². The molecule has 3 nitrogen and oxygen atoms in total. The predicted molar refractivity (Wildman–Crippen MR) is 48.5 cm³/mol. The van der Waals surface area contributed by atoms with Crippen molar-refractivity contribution in [2.45, 2.75) is 6.61 Å². The molecule has 0 fully saturated rings. The minimum absolute atomic E-state index is 0.248. The van der Waals surface area contributed by atoms with Gasteiger partial charge in [0.05, 0.1) is 0 Å². The third kappa shape index (κ3) is 3.79. The lowest BCUT2D eigenvalue weighted by atomic mass is 10.2. The van der Waals surface area contributed by atoms with Crippen LogP contribution in [0, 0.1) is 0 Å². The van der Waals surface area contributed by atoms with Crippen LogP contribution in [0.1, 0.15) is 5.56 Å². The van der Waals surface area contributed by atoms with E-state index >= 15 is 0 Å². The van der Waals surface area contributed by atoms with Gasteiger partial charge >= 0.3 is 7.94 Å². The Morgan fingerprint density at radius 1 is 1.25 bits per heavy atom. The van der Waals surface area contributed by atoms with Crippen molar-refractivity contribution in [2.24, 2.45) is 0 Å². The van der Waals surface area contributed by atoms with Crippen LogP contribution in [-0.4, -0.2) is 16.5 Å². The summed E-state index contributed by atoms with van der Waals surface area (Å²) in [5.74, 6) is 0. The maximum atomic E-state index is 8.92. The second-order valence-electron chi connectivity index (χ2n) is 2.59. The first-order valence-corrected chi connectivity index (χ1v) is 5.64. The maximum absolute atomic E-state index is 8.92. The number of hydrogen-bond donors (Lipinski definition) is 2. The maximum Gasteiger partial charge on any atom is 0.403 e. The summed E-state index contributed by atoms with van der Waals surface area (Å²) in [4.78, 5) is 17.8. The molecule has 66 valence electrons. The van der Waals surface area contributed by atoms with Gasteiger partial charge in [0.1, 0.15) is 13.3 Å². The molecule has 0 aliphatic carbocycles. The second kappa shape index (κ2) is 3.97. The Balaban J connectivity index is 2.44. The summed E-state index contributed by atoms with van der Waals surface area (Å²) in [7, 11) is -3.08. The molecule has 12 heavy (non-hydrogen) atoms. The van der Waals surface area contributed by atoms with E-state index in [1.807, 2.05) is 30.3 Å². The summed E-state index contributed by atoms with van der Waals surface area (Å²) < 4.78 is 4.84. The highest BCUT2D eigenvalue weighted by Gasteiger charge is 2.26. The second-order valence-corrected chi connectivity index (χ2v) is 4.52. The van der Waals surface area contributed by atoms with E-state index in [1.165, 1.54) is 6.66 Å². The molecule has 0 unspecified atom stereocenters. The van der Waals surface area contributed by atoms with Crippen molar-refractivity contribution in [3.05, 3.63) is 35.9 Å². The monoisotopic (exact) mass is 187 g/mol. The van der Waals surface area contributed by atoms with E-state index in [0.717, 1.165) is 5.56 Å². The summed E-state index contributed by atoms with van der Waals surface area (Å²) in [6.45, 7) is 1.54. The van der Waals surface area contributed by atoms with Crippen LogP contribution in [0.25, 0.3) is 0 Å². The largest absolute Gasteiger partial charge is 0.403 e. The van der Waals surface area contributed by atoms with Crippen LogP contribution in [0.3, 0.4) is 0 Å². The van der Waals surface area contributed by atoms with Gasteiger partial charge < -0.3 is 0 Å². The topological polar surface area (TPSA) is 49.7 Å². The normalized spacial score (nSPS) is 11.6. The predicted octanol–water partition coefficient (Wildman–Crippen LogP) is 1.58. The van der Waals surface area contributed by atoms with Gasteiger partial charge in [-0.1, -0.05) is 30.3 Å². The molecule has 2 N–H and O–H groups in total. The van der Waals surface area contributed by atoms with Gasteiger partial charge in [-0.2, -0.15) is 14.3 Å². The summed E-state index contributed by atoms with van der Waals surface area (Å²) in [5, 5.41) is 0. The van der Waals surface area contributed by atoms with E-state index in [0.29, 0.717) is 0 Å². The van der Waals surface area contributed by atoms with E-state index in [-0.39, 0.29) is 6.61 Å². The Labute approximate surface area is 72.2 Å². The highest BCUT2D eigenvalue weighted by Crippen LogP contribution is 2.47. The van der Waals surface area contributed by atoms with Gasteiger partial charge in [-0.05, 0) is 5.56 Å². The third-order valence-electron chi connectivity index (χ3n) is 1.32. The first kappa shape index (κ1) is 9.62. The van der Waals surface area contributed by atoms with Crippen LogP contribution in [-0.2, 0) is 11.1 Å². The van der Waals surface area contributed by atoms with Crippen molar-refractivity contribution in [3.63, 3.8) is 0 Å². The van der Waals surface area contributed by atoms with Crippen LogP contribution in [0.2, 0.25) is 0 Å². The molecule has 0 saturated heterocycles. The molecule has 1 aromatic carbocycles. The first-order chi connectivity index (χ1) is 5.58. The molecule has 0 amide bonds. The molecule has 0 heterocycles. The third-order valence-corrected chi connectivity index (χ3v) is 1.94. The van der Waals surface area contributed by atoms with Crippen LogP contribution in [0.4, 0.5) is 0 Å². The molecule has 1 rings (SSSR count). The lowest BCUT2D eigenvalue weighted by Crippen LogP contribution is -1.94. The minimum Gasteiger partial charge on any atom is -0.193 e. The zero-order valence-corrected chi connectivity index (χ0v) is 7.74. The van der Waals surface area contributed by atoms with E-state index in [9.17, 15) is 0 Å². The van der Waals surface area contributed by atoms with E-state index in [1.54, 1.807) is 0 Å².